The molecule has 1 fully saturated rings. The van der Waals surface area contributed by atoms with E-state index in [0.29, 0.717) is 0 Å². The van der Waals surface area contributed by atoms with Gasteiger partial charge in [0.15, 0.2) is 0 Å². The maximum Gasteiger partial charge on any atom is 0.0937 e. The van der Waals surface area contributed by atoms with Crippen molar-refractivity contribution in [1.29, 1.82) is 0 Å². The summed E-state index contributed by atoms with van der Waals surface area (Å²) in [5, 5.41) is 4.75. The lowest BCUT2D eigenvalue weighted by molar-refractivity contribution is 0.0619. The van der Waals surface area contributed by atoms with Gasteiger partial charge in [0.25, 0.3) is 0 Å². The largest absolute Gasteiger partial charge is 0.383 e. The number of methoxy groups -OCH3 is 1. The molecule has 1 aromatic rings. The van der Waals surface area contributed by atoms with Crippen molar-refractivity contribution in [3.63, 3.8) is 0 Å². The van der Waals surface area contributed by atoms with Gasteiger partial charge >= 0.3 is 0 Å². The topological polar surface area (TPSA) is 43.4 Å². The third-order valence-corrected chi connectivity index (χ3v) is 5.44. The van der Waals surface area contributed by atoms with E-state index >= 15 is 0 Å². The fourth-order valence-electron chi connectivity index (χ4n) is 2.77. The molecular weight excluding hydrogens is 272 g/mol. The highest BCUT2D eigenvalue weighted by molar-refractivity contribution is 7.11. The average Bonchev–Trinajstić information content (AvgIpc) is 2.91. The number of thiazole rings is 1. The SMILES string of the molecule is COCCNCC1(Cc2nc(C)c(C)s2)CCOC1C. The van der Waals surface area contributed by atoms with Gasteiger partial charge < -0.3 is 14.8 Å². The molecule has 0 aromatic carbocycles. The van der Waals surface area contributed by atoms with Crippen LogP contribution in [0, 0.1) is 19.3 Å². The normalized spacial score (nSPS) is 26.3. The van der Waals surface area contributed by atoms with Crippen LogP contribution < -0.4 is 5.32 Å². The maximum atomic E-state index is 5.84. The first-order valence-corrected chi connectivity index (χ1v) is 8.13. The third kappa shape index (κ3) is 3.58. The molecule has 0 bridgehead atoms. The molecule has 0 saturated carbocycles. The molecule has 5 heteroatoms. The van der Waals surface area contributed by atoms with Crippen LogP contribution in [0.5, 0.6) is 0 Å². The molecule has 1 N–H and O–H groups in total. The second-order valence-corrected chi connectivity index (χ2v) is 7.01. The van der Waals surface area contributed by atoms with Crippen molar-refractivity contribution >= 4 is 11.3 Å². The number of hydrogen-bond donors (Lipinski definition) is 1. The first-order chi connectivity index (χ1) is 9.57. The Balaban J connectivity index is 2.03. The number of nitrogens with one attached hydrogen (secondary N) is 1. The van der Waals surface area contributed by atoms with Gasteiger partial charge in [0, 0.05) is 43.5 Å². The number of aromatic nitrogens is 1. The summed E-state index contributed by atoms with van der Waals surface area (Å²) < 4.78 is 10.9. The van der Waals surface area contributed by atoms with Crippen LogP contribution in [-0.4, -0.2) is 44.5 Å². The predicted molar refractivity (Wildman–Crippen MR) is 82.5 cm³/mol. The van der Waals surface area contributed by atoms with Gasteiger partial charge in [-0.3, -0.25) is 0 Å². The van der Waals surface area contributed by atoms with Gasteiger partial charge in [-0.2, -0.15) is 0 Å². The van der Waals surface area contributed by atoms with Gasteiger partial charge in [-0.25, -0.2) is 4.98 Å². The predicted octanol–water partition coefficient (Wildman–Crippen LogP) is 2.33. The summed E-state index contributed by atoms with van der Waals surface area (Å²) in [6.45, 7) is 9.90. The number of rotatable bonds is 7. The minimum Gasteiger partial charge on any atom is -0.383 e. The summed E-state index contributed by atoms with van der Waals surface area (Å²) in [5.74, 6) is 0. The lowest BCUT2D eigenvalue weighted by Crippen LogP contribution is -2.42. The van der Waals surface area contributed by atoms with Crippen LogP contribution in [0.25, 0.3) is 0 Å². The Kier molecular flexibility index (Phi) is 5.55. The second-order valence-electron chi connectivity index (χ2n) is 5.72. The van der Waals surface area contributed by atoms with Crippen molar-refractivity contribution in [2.45, 2.75) is 39.7 Å². The Morgan fingerprint density at radius 1 is 1.50 bits per heavy atom. The maximum absolute atomic E-state index is 5.84. The Morgan fingerprint density at radius 3 is 2.85 bits per heavy atom. The van der Waals surface area contributed by atoms with Crippen molar-refractivity contribution in [1.82, 2.24) is 10.3 Å². The smallest absolute Gasteiger partial charge is 0.0937 e. The van der Waals surface area contributed by atoms with Gasteiger partial charge in [-0.1, -0.05) is 0 Å². The van der Waals surface area contributed by atoms with Gasteiger partial charge in [0.05, 0.1) is 23.4 Å². The highest BCUT2D eigenvalue weighted by atomic mass is 32.1. The Hall–Kier alpha value is -0.490. The van der Waals surface area contributed by atoms with Crippen molar-refractivity contribution in [2.24, 2.45) is 5.41 Å². The van der Waals surface area contributed by atoms with Crippen molar-refractivity contribution in [3.8, 4) is 0 Å². The lowest BCUT2D eigenvalue weighted by Gasteiger charge is -2.32. The van der Waals surface area contributed by atoms with Gasteiger partial charge in [0.2, 0.25) is 0 Å². The molecule has 1 aliphatic rings. The fourth-order valence-corrected chi connectivity index (χ4v) is 3.86. The zero-order chi connectivity index (χ0) is 14.6. The van der Waals surface area contributed by atoms with E-state index in [9.17, 15) is 0 Å². The highest BCUT2D eigenvalue weighted by Crippen LogP contribution is 2.38. The van der Waals surface area contributed by atoms with Crippen molar-refractivity contribution in [3.05, 3.63) is 15.6 Å². The number of nitrogens with zero attached hydrogens (tertiary/aromatic N) is 1. The van der Waals surface area contributed by atoms with Crippen LogP contribution in [0.3, 0.4) is 0 Å². The summed E-state index contributed by atoms with van der Waals surface area (Å²) >= 11 is 1.83. The van der Waals surface area contributed by atoms with Crippen molar-refractivity contribution in [2.75, 3.05) is 33.4 Å². The van der Waals surface area contributed by atoms with Crippen LogP contribution >= 0.6 is 11.3 Å². The molecule has 0 radical (unpaired) electrons. The summed E-state index contributed by atoms with van der Waals surface area (Å²) in [4.78, 5) is 6.04. The monoisotopic (exact) mass is 298 g/mol. The van der Waals surface area contributed by atoms with E-state index in [1.807, 2.05) is 11.3 Å². The van der Waals surface area contributed by atoms with Crippen LogP contribution in [0.1, 0.15) is 28.9 Å². The molecule has 0 spiro atoms. The van der Waals surface area contributed by atoms with Crippen LogP contribution in [-0.2, 0) is 15.9 Å². The van der Waals surface area contributed by atoms with E-state index in [4.69, 9.17) is 14.5 Å². The van der Waals surface area contributed by atoms with Gasteiger partial charge in [0.1, 0.15) is 0 Å². The molecule has 1 aliphatic heterocycles. The molecule has 114 valence electrons. The van der Waals surface area contributed by atoms with Gasteiger partial charge in [-0.15, -0.1) is 11.3 Å². The van der Waals surface area contributed by atoms with Crippen LogP contribution in [0.15, 0.2) is 0 Å². The molecule has 0 aliphatic carbocycles. The minimum atomic E-state index is 0.171. The molecule has 4 nitrogen and oxygen atoms in total. The summed E-state index contributed by atoms with van der Waals surface area (Å²) in [6.07, 6.45) is 2.39. The van der Waals surface area contributed by atoms with E-state index in [0.717, 1.165) is 39.1 Å². The lowest BCUT2D eigenvalue weighted by atomic mass is 9.78. The minimum absolute atomic E-state index is 0.171. The Bertz CT molecular complexity index is 416. The number of aryl methyl sites for hydroxylation is 2. The number of ether oxygens (including phenoxy) is 2. The molecule has 1 saturated heterocycles. The van der Waals surface area contributed by atoms with E-state index in [-0.39, 0.29) is 11.5 Å². The Morgan fingerprint density at radius 2 is 2.30 bits per heavy atom. The summed E-state index contributed by atoms with van der Waals surface area (Å²) in [7, 11) is 1.74. The second kappa shape index (κ2) is 6.98. The molecule has 0 amide bonds. The molecule has 1 aromatic heterocycles. The first kappa shape index (κ1) is 15.9. The molecule has 20 heavy (non-hydrogen) atoms. The summed E-state index contributed by atoms with van der Waals surface area (Å²) in [5.41, 5.74) is 1.34. The third-order valence-electron chi connectivity index (χ3n) is 4.37. The molecule has 2 unspecified atom stereocenters. The zero-order valence-corrected chi connectivity index (χ0v) is 13.8. The van der Waals surface area contributed by atoms with Gasteiger partial charge in [-0.05, 0) is 27.2 Å². The van der Waals surface area contributed by atoms with Crippen LogP contribution in [0.2, 0.25) is 0 Å². The van der Waals surface area contributed by atoms with Crippen molar-refractivity contribution < 1.29 is 9.47 Å². The molecular formula is C15H26N2O2S. The quantitative estimate of drug-likeness (QED) is 0.785. The zero-order valence-electron chi connectivity index (χ0n) is 13.0. The van der Waals surface area contributed by atoms with E-state index in [1.54, 1.807) is 7.11 Å². The highest BCUT2D eigenvalue weighted by Gasteiger charge is 2.41. The number of hydrogen-bond acceptors (Lipinski definition) is 5. The Labute approximate surface area is 125 Å². The van der Waals surface area contributed by atoms with E-state index in [2.05, 4.69) is 26.1 Å². The first-order valence-electron chi connectivity index (χ1n) is 7.31. The average molecular weight is 298 g/mol. The molecule has 2 rings (SSSR count). The fraction of sp³-hybridized carbons (Fsp3) is 0.800. The standard InChI is InChI=1S/C15H26N2O2S/c1-11-12(2)20-14(17-11)9-15(5-7-19-13(15)3)10-16-6-8-18-4/h13,16H,5-10H2,1-4H3. The van der Waals surface area contributed by atoms with E-state index in [1.165, 1.54) is 15.6 Å². The van der Waals surface area contributed by atoms with E-state index < -0.39 is 0 Å². The van der Waals surface area contributed by atoms with Crippen LogP contribution in [0.4, 0.5) is 0 Å². The molecule has 2 heterocycles. The molecule has 2 atom stereocenters. The summed E-state index contributed by atoms with van der Waals surface area (Å²) in [6, 6.07) is 0.